The molecule has 2 heterocycles. The van der Waals surface area contributed by atoms with E-state index < -0.39 is 17.3 Å². The van der Waals surface area contributed by atoms with E-state index in [9.17, 15) is 10.2 Å². The van der Waals surface area contributed by atoms with Gasteiger partial charge in [0.25, 0.3) is 0 Å². The topological polar surface area (TPSA) is 61.7 Å². The number of aliphatic hydroxyl groups excluding tert-OH is 1. The summed E-state index contributed by atoms with van der Waals surface area (Å²) < 4.78 is 5.47. The summed E-state index contributed by atoms with van der Waals surface area (Å²) >= 11 is 0. The second-order valence-corrected chi connectivity index (χ2v) is 3.80. The average molecular weight is 155 g/mol. The highest BCUT2D eigenvalue weighted by molar-refractivity contribution is 6.12. The molecule has 0 aromatic heterocycles. The van der Waals surface area contributed by atoms with Crippen molar-refractivity contribution in [1.82, 2.24) is 5.32 Å². The first-order valence-corrected chi connectivity index (χ1v) is 3.94. The Balaban J connectivity index is 2.08. The third kappa shape index (κ3) is 0.389. The number of morpholine rings is 1. The summed E-state index contributed by atoms with van der Waals surface area (Å²) in [6.07, 6.45) is -0.669. The fourth-order valence-electron chi connectivity index (χ4n) is 2.71. The molecule has 2 saturated heterocycles. The van der Waals surface area contributed by atoms with Gasteiger partial charge in [-0.2, -0.15) is 0 Å². The highest BCUT2D eigenvalue weighted by Gasteiger charge is 2.89. The second kappa shape index (κ2) is 1.37. The Morgan fingerprint density at radius 3 is 2.64 bits per heavy atom. The van der Waals surface area contributed by atoms with Crippen molar-refractivity contribution >= 4 is 7.85 Å². The van der Waals surface area contributed by atoms with Crippen molar-refractivity contribution < 1.29 is 14.9 Å². The quantitative estimate of drug-likeness (QED) is 0.322. The van der Waals surface area contributed by atoms with Gasteiger partial charge in [-0.1, -0.05) is 0 Å². The summed E-state index contributed by atoms with van der Waals surface area (Å²) in [6, 6.07) is -0.0466. The molecule has 1 saturated carbocycles. The van der Waals surface area contributed by atoms with Crippen LogP contribution in [0.1, 0.15) is 0 Å². The third-order valence-electron chi connectivity index (χ3n) is 3.38. The number of rotatable bonds is 0. The lowest BCUT2D eigenvalue weighted by atomic mass is 9.89. The highest BCUT2D eigenvalue weighted by Crippen LogP contribution is 2.62. The molecule has 4 nitrogen and oxygen atoms in total. The Labute approximate surface area is 65.0 Å². The molecule has 2 bridgehead atoms. The van der Waals surface area contributed by atoms with Crippen molar-refractivity contribution in [3.63, 3.8) is 0 Å². The molecule has 1 unspecified atom stereocenters. The third-order valence-corrected chi connectivity index (χ3v) is 3.38. The van der Waals surface area contributed by atoms with Gasteiger partial charge in [-0.15, -0.1) is 0 Å². The molecule has 60 valence electrons. The SMILES string of the molecule is B[C@@H]1O[C@@]23CN[C@@H]1[C@@]2(O)C3O. The van der Waals surface area contributed by atoms with Crippen molar-refractivity contribution in [1.29, 1.82) is 0 Å². The maximum absolute atomic E-state index is 9.86. The van der Waals surface area contributed by atoms with E-state index in [2.05, 4.69) is 5.32 Å². The zero-order chi connectivity index (χ0) is 7.85. The van der Waals surface area contributed by atoms with E-state index in [1.807, 2.05) is 7.85 Å². The summed E-state index contributed by atoms with van der Waals surface area (Å²) in [7, 11) is 1.91. The van der Waals surface area contributed by atoms with E-state index >= 15 is 0 Å². The molecule has 3 aliphatic rings. The number of hydrogen-bond acceptors (Lipinski definition) is 4. The Morgan fingerprint density at radius 2 is 2.36 bits per heavy atom. The summed E-state index contributed by atoms with van der Waals surface area (Å²) in [5.41, 5.74) is -1.64. The molecule has 3 rings (SSSR count). The number of piperidine rings is 1. The summed E-state index contributed by atoms with van der Waals surface area (Å²) in [4.78, 5) is 0. The molecular weight excluding hydrogens is 145 g/mol. The van der Waals surface area contributed by atoms with Gasteiger partial charge in [0.05, 0.1) is 6.04 Å². The Kier molecular flexibility index (Phi) is 0.803. The Hall–Kier alpha value is -0.0951. The van der Waals surface area contributed by atoms with Gasteiger partial charge < -0.3 is 20.3 Å². The van der Waals surface area contributed by atoms with Crippen LogP contribution in [0.4, 0.5) is 0 Å². The first-order valence-electron chi connectivity index (χ1n) is 3.94. The van der Waals surface area contributed by atoms with Crippen LogP contribution in [0.5, 0.6) is 0 Å². The smallest absolute Gasteiger partial charge is 0.143 e. The minimum Gasteiger partial charge on any atom is -0.387 e. The fourth-order valence-corrected chi connectivity index (χ4v) is 2.71. The molecule has 0 amide bonds. The first-order chi connectivity index (χ1) is 5.13. The molecule has 0 aromatic rings. The maximum atomic E-state index is 9.86. The van der Waals surface area contributed by atoms with Crippen LogP contribution in [0.15, 0.2) is 0 Å². The zero-order valence-corrected chi connectivity index (χ0v) is 6.24. The zero-order valence-electron chi connectivity index (χ0n) is 6.24. The molecular formula is C6H10BNO3. The van der Waals surface area contributed by atoms with E-state index in [1.165, 1.54) is 0 Å². The van der Waals surface area contributed by atoms with Crippen LogP contribution in [0.3, 0.4) is 0 Å². The molecule has 0 radical (unpaired) electrons. The summed E-state index contributed by atoms with van der Waals surface area (Å²) in [6.45, 7) is 0.583. The van der Waals surface area contributed by atoms with Gasteiger partial charge in [0.2, 0.25) is 0 Å². The van der Waals surface area contributed by atoms with Gasteiger partial charge in [-0.3, -0.25) is 0 Å². The Morgan fingerprint density at radius 1 is 1.64 bits per heavy atom. The normalized spacial score (nSPS) is 71.6. The van der Waals surface area contributed by atoms with E-state index in [4.69, 9.17) is 4.74 Å². The monoisotopic (exact) mass is 155 g/mol. The van der Waals surface area contributed by atoms with Gasteiger partial charge in [-0.05, 0) is 0 Å². The molecule has 2 aliphatic heterocycles. The highest BCUT2D eigenvalue weighted by atomic mass is 16.6. The van der Waals surface area contributed by atoms with Gasteiger partial charge in [-0.25, -0.2) is 0 Å². The molecule has 3 N–H and O–H groups in total. The molecule has 1 aliphatic carbocycles. The van der Waals surface area contributed by atoms with Gasteiger partial charge in [0.15, 0.2) is 0 Å². The van der Waals surface area contributed by atoms with Crippen molar-refractivity contribution in [3.05, 3.63) is 0 Å². The van der Waals surface area contributed by atoms with Crippen molar-refractivity contribution in [2.24, 2.45) is 0 Å². The minimum atomic E-state index is -0.980. The number of ether oxygens (including phenoxy) is 1. The average Bonchev–Trinajstić information content (AvgIpc) is 2.26. The van der Waals surface area contributed by atoms with E-state index in [0.717, 1.165) is 0 Å². The van der Waals surface area contributed by atoms with Crippen molar-refractivity contribution in [3.8, 4) is 0 Å². The second-order valence-electron chi connectivity index (χ2n) is 3.80. The van der Waals surface area contributed by atoms with Crippen LogP contribution >= 0.6 is 0 Å². The number of aliphatic hydroxyl groups is 2. The number of nitrogens with one attached hydrogen (secondary N) is 1. The molecule has 0 aromatic carbocycles. The van der Waals surface area contributed by atoms with Crippen LogP contribution in [0.2, 0.25) is 0 Å². The predicted octanol–water partition coefficient (Wildman–Crippen LogP) is -3.21. The minimum absolute atomic E-state index is 0.0251. The van der Waals surface area contributed by atoms with Gasteiger partial charge in [0, 0.05) is 12.5 Å². The van der Waals surface area contributed by atoms with Gasteiger partial charge >= 0.3 is 0 Å². The summed E-state index contributed by atoms with van der Waals surface area (Å²) in [5, 5.41) is 22.4. The van der Waals surface area contributed by atoms with Crippen LogP contribution in [0.25, 0.3) is 0 Å². The fraction of sp³-hybridized carbons (Fsp3) is 1.00. The largest absolute Gasteiger partial charge is 0.387 e. The summed E-state index contributed by atoms with van der Waals surface area (Å²) in [5.74, 6) is 0. The van der Waals surface area contributed by atoms with Crippen molar-refractivity contribution in [2.45, 2.75) is 29.4 Å². The molecule has 3 fully saturated rings. The molecule has 11 heavy (non-hydrogen) atoms. The lowest BCUT2D eigenvalue weighted by Crippen LogP contribution is -2.51. The maximum Gasteiger partial charge on any atom is 0.143 e. The lowest BCUT2D eigenvalue weighted by Gasteiger charge is -2.28. The van der Waals surface area contributed by atoms with E-state index in [-0.39, 0.29) is 12.0 Å². The van der Waals surface area contributed by atoms with Gasteiger partial charge in [0.1, 0.15) is 25.2 Å². The van der Waals surface area contributed by atoms with Crippen molar-refractivity contribution in [2.75, 3.05) is 6.54 Å². The van der Waals surface area contributed by atoms with Crippen LogP contribution in [-0.2, 0) is 4.74 Å². The molecule has 5 heteroatoms. The molecule has 0 spiro atoms. The lowest BCUT2D eigenvalue weighted by molar-refractivity contribution is -0.0304. The Bertz CT molecular complexity index is 234. The van der Waals surface area contributed by atoms with Crippen LogP contribution < -0.4 is 5.32 Å². The standard InChI is InChI=1S/C6H10BNO3/c7-3-2-6(10)4(9)5(6,11-3)1-8-2/h2-4,8-10H,1,7H2/t2-,3+,4?,5+,6+/m0/s1. The predicted molar refractivity (Wildman–Crippen MR) is 38.9 cm³/mol. The van der Waals surface area contributed by atoms with E-state index in [0.29, 0.717) is 6.54 Å². The van der Waals surface area contributed by atoms with Crippen LogP contribution in [-0.4, -0.2) is 54.0 Å². The van der Waals surface area contributed by atoms with Crippen LogP contribution in [0, 0.1) is 0 Å². The number of hydrogen-bond donors (Lipinski definition) is 3. The first kappa shape index (κ1) is 6.42. The van der Waals surface area contributed by atoms with E-state index in [1.54, 1.807) is 0 Å². The molecule has 5 atom stereocenters.